The van der Waals surface area contributed by atoms with Crippen molar-refractivity contribution in [3.63, 3.8) is 0 Å². The summed E-state index contributed by atoms with van der Waals surface area (Å²) in [5, 5.41) is 11.1. The third-order valence-electron chi connectivity index (χ3n) is 2.81. The number of hydrogen-bond acceptors (Lipinski definition) is 7. The molecule has 0 fully saturated rings. The normalized spacial score (nSPS) is 11.7. The number of carbonyl (C=O) groups is 1. The summed E-state index contributed by atoms with van der Waals surface area (Å²) in [6, 6.07) is 5.75. The number of aromatic nitrogens is 2. The van der Waals surface area contributed by atoms with E-state index in [0.717, 1.165) is 14.4 Å². The highest BCUT2D eigenvalue weighted by Gasteiger charge is 2.23. The molecule has 0 aliphatic rings. The van der Waals surface area contributed by atoms with Crippen LogP contribution in [0, 0.1) is 0 Å². The molecule has 0 aliphatic carbocycles. The Bertz CT molecular complexity index is 808. The Morgan fingerprint density at radius 1 is 1.33 bits per heavy atom. The van der Waals surface area contributed by atoms with E-state index in [0.29, 0.717) is 10.2 Å². The second-order valence-corrected chi connectivity index (χ2v) is 9.54. The molecule has 7 nitrogen and oxygen atoms in total. The van der Waals surface area contributed by atoms with Crippen LogP contribution in [-0.4, -0.2) is 48.2 Å². The van der Waals surface area contributed by atoms with Gasteiger partial charge in [-0.1, -0.05) is 41.6 Å². The van der Waals surface area contributed by atoms with Gasteiger partial charge in [0.15, 0.2) is 4.34 Å². The van der Waals surface area contributed by atoms with Gasteiger partial charge < -0.3 is 0 Å². The average molecular weight is 407 g/mol. The Morgan fingerprint density at radius 3 is 2.62 bits per heavy atom. The number of likely N-dealkylation sites (N-methyl/N-ethyl adjacent to an activating group) is 1. The lowest BCUT2D eigenvalue weighted by molar-refractivity contribution is -0.116. The molecule has 0 saturated carbocycles. The Hall–Kier alpha value is -1.20. The molecule has 2 aromatic rings. The molecule has 130 valence electrons. The summed E-state index contributed by atoms with van der Waals surface area (Å²) in [5.74, 6) is 0.365. The maximum Gasteiger partial charge on any atom is 0.243 e. The lowest BCUT2D eigenvalue weighted by Crippen LogP contribution is -2.34. The predicted octanol–water partition coefficient (Wildman–Crippen LogP) is 2.56. The van der Waals surface area contributed by atoms with Gasteiger partial charge in [-0.05, 0) is 30.0 Å². The second kappa shape index (κ2) is 8.26. The number of nitrogens with zero attached hydrogens (tertiary/aromatic N) is 3. The molecular weight excluding hydrogens is 392 g/mol. The predicted molar refractivity (Wildman–Crippen MR) is 96.2 cm³/mol. The zero-order valence-corrected chi connectivity index (χ0v) is 16.1. The van der Waals surface area contributed by atoms with Crippen LogP contribution in [-0.2, 0) is 14.8 Å². The van der Waals surface area contributed by atoms with Gasteiger partial charge in [-0.15, -0.1) is 10.2 Å². The van der Waals surface area contributed by atoms with E-state index in [1.807, 2.05) is 6.92 Å². The summed E-state index contributed by atoms with van der Waals surface area (Å²) in [5.41, 5.74) is 0. The second-order valence-electron chi connectivity index (χ2n) is 4.57. The summed E-state index contributed by atoms with van der Waals surface area (Å²) >= 11 is 8.52. The van der Waals surface area contributed by atoms with Crippen molar-refractivity contribution < 1.29 is 13.2 Å². The summed E-state index contributed by atoms with van der Waals surface area (Å²) in [6.07, 6.45) is 0. The summed E-state index contributed by atoms with van der Waals surface area (Å²) in [6.45, 7) is 1.65. The van der Waals surface area contributed by atoms with Crippen LogP contribution < -0.4 is 5.32 Å². The molecule has 0 saturated heterocycles. The molecule has 11 heteroatoms. The van der Waals surface area contributed by atoms with Gasteiger partial charge in [0.2, 0.25) is 21.1 Å². The highest BCUT2D eigenvalue weighted by Crippen LogP contribution is 2.25. The van der Waals surface area contributed by atoms with Gasteiger partial charge in [-0.2, -0.15) is 4.31 Å². The molecule has 0 atom stereocenters. The molecule has 1 amide bonds. The molecule has 0 radical (unpaired) electrons. The fourth-order valence-electron chi connectivity index (χ4n) is 1.67. The fourth-order valence-corrected chi connectivity index (χ4v) is 4.59. The van der Waals surface area contributed by atoms with E-state index in [9.17, 15) is 13.2 Å². The number of thioether (sulfide) groups is 1. The summed E-state index contributed by atoms with van der Waals surface area (Å²) in [4.78, 5) is 12.1. The third kappa shape index (κ3) is 4.90. The number of rotatable bonds is 7. The van der Waals surface area contributed by atoms with Crippen molar-refractivity contribution in [3.05, 3.63) is 29.3 Å². The van der Waals surface area contributed by atoms with Crippen molar-refractivity contribution in [1.82, 2.24) is 14.5 Å². The minimum Gasteiger partial charge on any atom is -0.299 e. The van der Waals surface area contributed by atoms with Crippen LogP contribution in [0.1, 0.15) is 6.92 Å². The molecule has 1 heterocycles. The van der Waals surface area contributed by atoms with Gasteiger partial charge in [0, 0.05) is 12.1 Å². The molecule has 1 N–H and O–H groups in total. The molecule has 1 aromatic heterocycles. The van der Waals surface area contributed by atoms with Crippen LogP contribution >= 0.6 is 34.7 Å². The third-order valence-corrected chi connectivity index (χ3v) is 6.73. The standard InChI is InChI=1S/C13H15ClN4O3S3/c1-3-22-13-17-16-12(23-13)15-11(19)8-18(2)24(20,21)10-6-4-9(14)5-7-10/h4-7H,3,8H2,1-2H3,(H,15,16,19). The van der Waals surface area contributed by atoms with Crippen molar-refractivity contribution in [2.24, 2.45) is 0 Å². The maximum absolute atomic E-state index is 12.4. The Morgan fingerprint density at radius 2 is 2.00 bits per heavy atom. The van der Waals surface area contributed by atoms with Gasteiger partial charge in [-0.25, -0.2) is 8.42 Å². The highest BCUT2D eigenvalue weighted by molar-refractivity contribution is 8.01. The molecule has 0 unspecified atom stereocenters. The van der Waals surface area contributed by atoms with Crippen LogP contribution in [0.3, 0.4) is 0 Å². The van der Waals surface area contributed by atoms with Crippen LogP contribution in [0.25, 0.3) is 0 Å². The SMILES string of the molecule is CCSc1nnc(NC(=O)CN(C)S(=O)(=O)c2ccc(Cl)cc2)s1. The van der Waals surface area contributed by atoms with Gasteiger partial charge in [0.25, 0.3) is 0 Å². The molecule has 24 heavy (non-hydrogen) atoms. The van der Waals surface area contributed by atoms with E-state index in [1.165, 1.54) is 54.4 Å². The van der Waals surface area contributed by atoms with Crippen LogP contribution in [0.15, 0.2) is 33.5 Å². The van der Waals surface area contributed by atoms with Gasteiger partial charge in [0.1, 0.15) is 0 Å². The van der Waals surface area contributed by atoms with Gasteiger partial charge in [-0.3, -0.25) is 10.1 Å². The average Bonchev–Trinajstić information content (AvgIpc) is 2.95. The largest absolute Gasteiger partial charge is 0.299 e. The van der Waals surface area contributed by atoms with E-state index in [-0.39, 0.29) is 11.4 Å². The number of amides is 1. The topological polar surface area (TPSA) is 92.3 Å². The Kier molecular flexibility index (Phi) is 6.58. The number of carbonyl (C=O) groups excluding carboxylic acids is 1. The summed E-state index contributed by atoms with van der Waals surface area (Å²) in [7, 11) is -2.43. The first-order valence-electron chi connectivity index (χ1n) is 6.81. The fraction of sp³-hybridized carbons (Fsp3) is 0.308. The molecule has 0 spiro atoms. The molecule has 0 aliphatic heterocycles. The monoisotopic (exact) mass is 406 g/mol. The molecule has 0 bridgehead atoms. The van der Waals surface area contributed by atoms with Crippen molar-refractivity contribution in [2.75, 3.05) is 24.7 Å². The zero-order valence-electron chi connectivity index (χ0n) is 12.9. The van der Waals surface area contributed by atoms with Crippen molar-refractivity contribution in [3.8, 4) is 0 Å². The lowest BCUT2D eigenvalue weighted by Gasteiger charge is -2.16. The lowest BCUT2D eigenvalue weighted by atomic mass is 10.4. The first-order chi connectivity index (χ1) is 11.3. The first-order valence-corrected chi connectivity index (χ1v) is 10.4. The molecule has 2 rings (SSSR count). The van der Waals surface area contributed by atoms with Crippen molar-refractivity contribution in [1.29, 1.82) is 0 Å². The number of sulfonamides is 1. The summed E-state index contributed by atoms with van der Waals surface area (Å²) < 4.78 is 26.5. The minimum absolute atomic E-state index is 0.0692. The molecular formula is C13H15ClN4O3S3. The van der Waals surface area contributed by atoms with E-state index in [2.05, 4.69) is 15.5 Å². The Balaban J connectivity index is 2.00. The number of nitrogens with one attached hydrogen (secondary N) is 1. The van der Waals surface area contributed by atoms with E-state index in [4.69, 9.17) is 11.6 Å². The number of hydrogen-bond donors (Lipinski definition) is 1. The maximum atomic E-state index is 12.4. The van der Waals surface area contributed by atoms with Crippen LogP contribution in [0.5, 0.6) is 0 Å². The van der Waals surface area contributed by atoms with E-state index in [1.54, 1.807) is 0 Å². The van der Waals surface area contributed by atoms with Gasteiger partial charge >= 0.3 is 0 Å². The molecule has 1 aromatic carbocycles. The Labute approximate surface area is 153 Å². The minimum atomic E-state index is -3.77. The number of halogens is 1. The van der Waals surface area contributed by atoms with E-state index >= 15 is 0 Å². The van der Waals surface area contributed by atoms with Crippen LogP contribution in [0.4, 0.5) is 5.13 Å². The quantitative estimate of drug-likeness (QED) is 0.561. The zero-order chi connectivity index (χ0) is 17.7. The smallest absolute Gasteiger partial charge is 0.243 e. The number of anilines is 1. The first kappa shape index (κ1) is 19.1. The van der Waals surface area contributed by atoms with Crippen molar-refractivity contribution in [2.45, 2.75) is 16.2 Å². The van der Waals surface area contributed by atoms with Gasteiger partial charge in [0.05, 0.1) is 11.4 Å². The van der Waals surface area contributed by atoms with Crippen molar-refractivity contribution >= 4 is 55.8 Å². The van der Waals surface area contributed by atoms with E-state index < -0.39 is 15.9 Å². The van der Waals surface area contributed by atoms with Crippen LogP contribution in [0.2, 0.25) is 5.02 Å². The number of benzene rings is 1. The highest BCUT2D eigenvalue weighted by atomic mass is 35.5.